The summed E-state index contributed by atoms with van der Waals surface area (Å²) in [5.74, 6) is -0.246. The summed E-state index contributed by atoms with van der Waals surface area (Å²) in [5.41, 5.74) is 4.72. The van der Waals surface area contributed by atoms with Crippen LogP contribution >= 0.6 is 0 Å². The zero-order valence-electron chi connectivity index (χ0n) is 9.84. The van der Waals surface area contributed by atoms with E-state index in [1.807, 2.05) is 6.92 Å². The van der Waals surface area contributed by atoms with Crippen molar-refractivity contribution in [1.29, 1.82) is 0 Å². The summed E-state index contributed by atoms with van der Waals surface area (Å²) in [5, 5.41) is 6.09. The molecule has 0 bridgehead atoms. The fourth-order valence-electron chi connectivity index (χ4n) is 1.93. The van der Waals surface area contributed by atoms with Crippen molar-refractivity contribution in [3.05, 3.63) is 0 Å². The number of nitrogens with two attached hydrogens (primary N) is 1. The molecule has 0 spiro atoms. The predicted molar refractivity (Wildman–Crippen MR) is 61.6 cm³/mol. The summed E-state index contributed by atoms with van der Waals surface area (Å²) >= 11 is 0. The fraction of sp³-hybridized carbons (Fsp3) is 0.818. The molecule has 1 aliphatic rings. The smallest absolute Gasteiger partial charge is 0.227 e. The molecular formula is C11H21N3O2. The predicted octanol–water partition coefficient (Wildman–Crippen LogP) is -0.242. The van der Waals surface area contributed by atoms with Gasteiger partial charge in [0.05, 0.1) is 5.41 Å². The van der Waals surface area contributed by atoms with Gasteiger partial charge in [-0.2, -0.15) is 0 Å². The van der Waals surface area contributed by atoms with E-state index in [9.17, 15) is 9.59 Å². The first kappa shape index (κ1) is 13.0. The third-order valence-electron chi connectivity index (χ3n) is 3.03. The van der Waals surface area contributed by atoms with Gasteiger partial charge in [0.25, 0.3) is 0 Å². The van der Waals surface area contributed by atoms with E-state index in [4.69, 9.17) is 5.73 Å². The normalized spacial score (nSPS) is 25.1. The van der Waals surface area contributed by atoms with E-state index in [0.717, 1.165) is 25.9 Å². The molecule has 5 nitrogen and oxygen atoms in total. The highest BCUT2D eigenvalue weighted by Gasteiger charge is 2.34. The number of hydrogen-bond donors (Lipinski definition) is 3. The molecule has 1 rings (SSSR count). The summed E-state index contributed by atoms with van der Waals surface area (Å²) in [4.78, 5) is 22.4. The van der Waals surface area contributed by atoms with Crippen molar-refractivity contribution >= 4 is 11.8 Å². The number of primary amides is 1. The second-order valence-corrected chi connectivity index (χ2v) is 4.67. The Morgan fingerprint density at radius 3 is 2.81 bits per heavy atom. The molecule has 1 fully saturated rings. The van der Waals surface area contributed by atoms with Crippen LogP contribution in [0.25, 0.3) is 0 Å². The molecule has 16 heavy (non-hydrogen) atoms. The van der Waals surface area contributed by atoms with Gasteiger partial charge in [-0.25, -0.2) is 0 Å². The monoisotopic (exact) mass is 227 g/mol. The number of carbonyl (C=O) groups excluding carboxylic acids is 2. The second kappa shape index (κ2) is 5.84. The lowest BCUT2D eigenvalue weighted by Crippen LogP contribution is -2.48. The van der Waals surface area contributed by atoms with Crippen LogP contribution in [0.15, 0.2) is 0 Å². The number of amides is 2. The Hall–Kier alpha value is -1.10. The molecular weight excluding hydrogens is 206 g/mol. The average Bonchev–Trinajstić information content (AvgIpc) is 2.25. The maximum Gasteiger partial charge on any atom is 0.227 e. The third-order valence-corrected chi connectivity index (χ3v) is 3.03. The van der Waals surface area contributed by atoms with Gasteiger partial charge in [0.1, 0.15) is 0 Å². The van der Waals surface area contributed by atoms with Crippen molar-refractivity contribution in [3.63, 3.8) is 0 Å². The van der Waals surface area contributed by atoms with Gasteiger partial charge in [0, 0.05) is 19.5 Å². The summed E-state index contributed by atoms with van der Waals surface area (Å²) in [6.07, 6.45) is 2.90. The molecule has 1 unspecified atom stereocenters. The zero-order chi connectivity index (χ0) is 12.0. The van der Waals surface area contributed by atoms with Crippen molar-refractivity contribution < 1.29 is 9.59 Å². The highest BCUT2D eigenvalue weighted by Crippen LogP contribution is 2.25. The highest BCUT2D eigenvalue weighted by atomic mass is 16.2. The van der Waals surface area contributed by atoms with Gasteiger partial charge in [0.2, 0.25) is 11.8 Å². The largest absolute Gasteiger partial charge is 0.370 e. The second-order valence-electron chi connectivity index (χ2n) is 4.67. The van der Waals surface area contributed by atoms with Crippen molar-refractivity contribution in [2.75, 3.05) is 19.6 Å². The van der Waals surface area contributed by atoms with Gasteiger partial charge in [-0.05, 0) is 32.7 Å². The van der Waals surface area contributed by atoms with Gasteiger partial charge in [0.15, 0.2) is 0 Å². The molecule has 0 aromatic heterocycles. The Labute approximate surface area is 96.1 Å². The summed E-state index contributed by atoms with van der Waals surface area (Å²) in [7, 11) is 0. The van der Waals surface area contributed by atoms with Gasteiger partial charge in [-0.15, -0.1) is 0 Å². The Balaban J connectivity index is 2.25. The van der Waals surface area contributed by atoms with E-state index in [1.165, 1.54) is 0 Å². The molecule has 1 aliphatic heterocycles. The summed E-state index contributed by atoms with van der Waals surface area (Å²) in [6.45, 7) is 4.22. The van der Waals surface area contributed by atoms with Crippen LogP contribution in [-0.4, -0.2) is 31.4 Å². The molecule has 0 radical (unpaired) electrons. The van der Waals surface area contributed by atoms with Crippen LogP contribution in [0.5, 0.6) is 0 Å². The van der Waals surface area contributed by atoms with E-state index in [-0.39, 0.29) is 17.2 Å². The lowest BCUT2D eigenvalue weighted by atomic mass is 9.82. The first-order valence-corrected chi connectivity index (χ1v) is 5.82. The first-order chi connectivity index (χ1) is 7.54. The molecule has 4 N–H and O–H groups in total. The summed E-state index contributed by atoms with van der Waals surface area (Å²) in [6, 6.07) is 0. The van der Waals surface area contributed by atoms with Crippen molar-refractivity contribution in [2.24, 2.45) is 11.1 Å². The molecule has 0 saturated carbocycles. The molecule has 1 saturated heterocycles. The minimum absolute atomic E-state index is 0.0733. The van der Waals surface area contributed by atoms with Crippen LogP contribution in [0.4, 0.5) is 0 Å². The molecule has 1 atom stereocenters. The Kier molecular flexibility index (Phi) is 4.73. The summed E-state index contributed by atoms with van der Waals surface area (Å²) < 4.78 is 0. The Morgan fingerprint density at radius 2 is 2.25 bits per heavy atom. The molecule has 1 heterocycles. The van der Waals surface area contributed by atoms with Crippen LogP contribution in [0.1, 0.15) is 32.6 Å². The van der Waals surface area contributed by atoms with E-state index < -0.39 is 0 Å². The number of carbonyl (C=O) groups is 2. The number of rotatable bonds is 5. The molecule has 92 valence electrons. The van der Waals surface area contributed by atoms with Crippen LogP contribution < -0.4 is 16.4 Å². The zero-order valence-corrected chi connectivity index (χ0v) is 9.84. The maximum atomic E-state index is 11.9. The highest BCUT2D eigenvalue weighted by molar-refractivity contribution is 5.82. The Bertz CT molecular complexity index is 260. The van der Waals surface area contributed by atoms with Gasteiger partial charge in [-0.3, -0.25) is 9.59 Å². The number of nitrogens with one attached hydrogen (secondary N) is 2. The van der Waals surface area contributed by atoms with E-state index in [2.05, 4.69) is 10.6 Å². The standard InChI is InChI=1S/C11H21N3O2/c1-11(5-3-6-13-8-11)10(16)14-7-2-4-9(12)15/h13H,2-8H2,1H3,(H2,12,15)(H,14,16). The van der Waals surface area contributed by atoms with Crippen molar-refractivity contribution in [3.8, 4) is 0 Å². The minimum Gasteiger partial charge on any atom is -0.370 e. The van der Waals surface area contributed by atoms with Crippen molar-refractivity contribution in [1.82, 2.24) is 10.6 Å². The van der Waals surface area contributed by atoms with Crippen LogP contribution in [0, 0.1) is 5.41 Å². The van der Waals surface area contributed by atoms with E-state index in [1.54, 1.807) is 0 Å². The quantitative estimate of drug-likeness (QED) is 0.567. The minimum atomic E-state index is -0.320. The van der Waals surface area contributed by atoms with E-state index in [0.29, 0.717) is 19.4 Å². The number of hydrogen-bond acceptors (Lipinski definition) is 3. The fourth-order valence-corrected chi connectivity index (χ4v) is 1.93. The molecule has 0 aromatic carbocycles. The van der Waals surface area contributed by atoms with Gasteiger partial charge >= 0.3 is 0 Å². The Morgan fingerprint density at radius 1 is 1.50 bits per heavy atom. The third kappa shape index (κ3) is 3.81. The topological polar surface area (TPSA) is 84.2 Å². The van der Waals surface area contributed by atoms with Crippen LogP contribution in [0.3, 0.4) is 0 Å². The van der Waals surface area contributed by atoms with Gasteiger partial charge < -0.3 is 16.4 Å². The first-order valence-electron chi connectivity index (χ1n) is 5.82. The lowest BCUT2D eigenvalue weighted by Gasteiger charge is -2.32. The molecule has 5 heteroatoms. The molecule has 2 amide bonds. The SMILES string of the molecule is CC1(C(=O)NCCCC(N)=O)CCCNC1. The molecule has 0 aromatic rings. The van der Waals surface area contributed by atoms with Crippen LogP contribution in [-0.2, 0) is 9.59 Å². The maximum absolute atomic E-state index is 11.9. The van der Waals surface area contributed by atoms with Crippen LogP contribution in [0.2, 0.25) is 0 Å². The van der Waals surface area contributed by atoms with E-state index >= 15 is 0 Å². The lowest BCUT2D eigenvalue weighted by molar-refractivity contribution is -0.131. The van der Waals surface area contributed by atoms with Crippen molar-refractivity contribution in [2.45, 2.75) is 32.6 Å². The number of piperidine rings is 1. The average molecular weight is 227 g/mol. The van der Waals surface area contributed by atoms with Gasteiger partial charge in [-0.1, -0.05) is 0 Å². The molecule has 0 aliphatic carbocycles.